The van der Waals surface area contributed by atoms with Gasteiger partial charge in [-0.15, -0.1) is 0 Å². The standard InChI is InChI=1S/C14H26F3NO/c1-3-4-11-5-6-13(19)12(9-11)10-18(2)8-7-14(15,16)17/h11-13,19H,3-10H2,1-2H3. The van der Waals surface area contributed by atoms with Gasteiger partial charge in [-0.2, -0.15) is 13.2 Å². The third-order valence-electron chi connectivity index (χ3n) is 4.07. The summed E-state index contributed by atoms with van der Waals surface area (Å²) in [4.78, 5) is 1.70. The number of aliphatic hydroxyl groups is 1. The van der Waals surface area contributed by atoms with Crippen LogP contribution < -0.4 is 0 Å². The molecule has 2 nitrogen and oxygen atoms in total. The maximum Gasteiger partial charge on any atom is 0.390 e. The van der Waals surface area contributed by atoms with E-state index >= 15 is 0 Å². The average molecular weight is 281 g/mol. The van der Waals surface area contributed by atoms with E-state index in [1.54, 1.807) is 11.9 Å². The molecule has 19 heavy (non-hydrogen) atoms. The van der Waals surface area contributed by atoms with Crippen LogP contribution in [-0.4, -0.2) is 42.4 Å². The highest BCUT2D eigenvalue weighted by molar-refractivity contribution is 4.81. The zero-order valence-corrected chi connectivity index (χ0v) is 11.9. The maximum absolute atomic E-state index is 12.2. The molecule has 0 aromatic heterocycles. The second-order valence-electron chi connectivity index (χ2n) is 5.92. The van der Waals surface area contributed by atoms with Crippen LogP contribution in [0, 0.1) is 11.8 Å². The summed E-state index contributed by atoms with van der Waals surface area (Å²) in [5, 5.41) is 9.98. The average Bonchev–Trinajstić information content (AvgIpc) is 2.30. The van der Waals surface area contributed by atoms with Gasteiger partial charge in [-0.3, -0.25) is 0 Å². The molecule has 0 bridgehead atoms. The van der Waals surface area contributed by atoms with Gasteiger partial charge < -0.3 is 10.0 Å². The highest BCUT2D eigenvalue weighted by atomic mass is 19.4. The summed E-state index contributed by atoms with van der Waals surface area (Å²) in [7, 11) is 1.71. The van der Waals surface area contributed by atoms with E-state index in [4.69, 9.17) is 0 Å². The minimum atomic E-state index is -4.09. The van der Waals surface area contributed by atoms with E-state index in [-0.39, 0.29) is 18.6 Å². The summed E-state index contributed by atoms with van der Waals surface area (Å²) in [5.74, 6) is 0.762. The molecular weight excluding hydrogens is 255 g/mol. The van der Waals surface area contributed by atoms with Crippen molar-refractivity contribution in [3.63, 3.8) is 0 Å². The lowest BCUT2D eigenvalue weighted by atomic mass is 9.77. The summed E-state index contributed by atoms with van der Waals surface area (Å²) in [6.07, 6.45) is -0.116. The summed E-state index contributed by atoms with van der Waals surface area (Å²) in [6.45, 7) is 2.73. The number of aliphatic hydroxyl groups excluding tert-OH is 1. The van der Waals surface area contributed by atoms with E-state index < -0.39 is 12.6 Å². The van der Waals surface area contributed by atoms with E-state index in [1.807, 2.05) is 0 Å². The van der Waals surface area contributed by atoms with Gasteiger partial charge in [0.25, 0.3) is 0 Å². The molecular formula is C14H26F3NO. The van der Waals surface area contributed by atoms with Gasteiger partial charge >= 0.3 is 6.18 Å². The SMILES string of the molecule is CCCC1CCC(O)C(CN(C)CCC(F)(F)F)C1. The third-order valence-corrected chi connectivity index (χ3v) is 4.07. The highest BCUT2D eigenvalue weighted by Crippen LogP contribution is 2.32. The topological polar surface area (TPSA) is 23.5 Å². The minimum absolute atomic E-state index is 0.0190. The largest absolute Gasteiger partial charge is 0.393 e. The van der Waals surface area contributed by atoms with Crippen LogP contribution in [0.3, 0.4) is 0 Å². The van der Waals surface area contributed by atoms with Crippen molar-refractivity contribution in [2.45, 2.75) is 57.7 Å². The Labute approximate surface area is 114 Å². The van der Waals surface area contributed by atoms with Crippen LogP contribution in [0.15, 0.2) is 0 Å². The van der Waals surface area contributed by atoms with Crippen LogP contribution in [-0.2, 0) is 0 Å². The number of rotatable bonds is 6. The monoisotopic (exact) mass is 281 g/mol. The summed E-state index contributed by atoms with van der Waals surface area (Å²) in [6, 6.07) is 0. The highest BCUT2D eigenvalue weighted by Gasteiger charge is 2.31. The predicted molar refractivity (Wildman–Crippen MR) is 69.9 cm³/mol. The molecule has 1 fully saturated rings. The third kappa shape index (κ3) is 6.61. The van der Waals surface area contributed by atoms with Crippen molar-refractivity contribution in [2.24, 2.45) is 11.8 Å². The molecule has 1 aliphatic carbocycles. The van der Waals surface area contributed by atoms with Gasteiger partial charge in [-0.1, -0.05) is 19.8 Å². The van der Waals surface area contributed by atoms with Gasteiger partial charge in [-0.05, 0) is 38.1 Å². The fourth-order valence-electron chi connectivity index (χ4n) is 3.02. The predicted octanol–water partition coefficient (Wildman–Crippen LogP) is 3.45. The summed E-state index contributed by atoms with van der Waals surface area (Å²) >= 11 is 0. The molecule has 5 heteroatoms. The molecule has 0 saturated heterocycles. The van der Waals surface area contributed by atoms with Crippen LogP contribution in [0.2, 0.25) is 0 Å². The first kappa shape index (κ1) is 16.8. The van der Waals surface area contributed by atoms with E-state index in [0.29, 0.717) is 12.5 Å². The number of nitrogens with zero attached hydrogens (tertiary/aromatic N) is 1. The number of hydrogen-bond acceptors (Lipinski definition) is 2. The zero-order chi connectivity index (χ0) is 14.5. The molecule has 1 N–H and O–H groups in total. The molecule has 0 aliphatic heterocycles. The second-order valence-corrected chi connectivity index (χ2v) is 5.92. The molecule has 0 radical (unpaired) electrons. The fourth-order valence-corrected chi connectivity index (χ4v) is 3.02. The Morgan fingerprint density at radius 1 is 1.26 bits per heavy atom. The molecule has 0 amide bonds. The Kier molecular flexibility index (Phi) is 6.60. The first-order chi connectivity index (χ1) is 8.81. The molecule has 114 valence electrons. The minimum Gasteiger partial charge on any atom is -0.393 e. The van der Waals surface area contributed by atoms with Crippen molar-refractivity contribution in [3.05, 3.63) is 0 Å². The summed E-state index contributed by atoms with van der Waals surface area (Å²) < 4.78 is 36.5. The van der Waals surface area contributed by atoms with Gasteiger partial charge in [0, 0.05) is 13.1 Å². The quantitative estimate of drug-likeness (QED) is 0.806. The van der Waals surface area contributed by atoms with Crippen molar-refractivity contribution >= 4 is 0 Å². The molecule has 1 saturated carbocycles. The normalized spacial score (nSPS) is 28.9. The molecule has 1 aliphatic rings. The number of halogens is 3. The van der Waals surface area contributed by atoms with Crippen LogP contribution in [0.1, 0.15) is 45.4 Å². The number of alkyl halides is 3. The maximum atomic E-state index is 12.2. The zero-order valence-electron chi connectivity index (χ0n) is 11.9. The van der Waals surface area contributed by atoms with Gasteiger partial charge in [-0.25, -0.2) is 0 Å². The number of hydrogen-bond donors (Lipinski definition) is 1. The lowest BCUT2D eigenvalue weighted by molar-refractivity contribution is -0.138. The van der Waals surface area contributed by atoms with Crippen LogP contribution in [0.25, 0.3) is 0 Å². The van der Waals surface area contributed by atoms with Gasteiger partial charge in [0.05, 0.1) is 12.5 Å². The smallest absolute Gasteiger partial charge is 0.390 e. The first-order valence-corrected chi connectivity index (χ1v) is 7.25. The first-order valence-electron chi connectivity index (χ1n) is 7.25. The lowest BCUT2D eigenvalue weighted by Gasteiger charge is -2.35. The van der Waals surface area contributed by atoms with Gasteiger partial charge in [0.15, 0.2) is 0 Å². The molecule has 1 rings (SSSR count). The van der Waals surface area contributed by atoms with Crippen molar-refractivity contribution in [2.75, 3.05) is 20.1 Å². The van der Waals surface area contributed by atoms with Crippen molar-refractivity contribution in [3.8, 4) is 0 Å². The fraction of sp³-hybridized carbons (Fsp3) is 1.00. The van der Waals surface area contributed by atoms with Gasteiger partial charge in [0.2, 0.25) is 0 Å². The summed E-state index contributed by atoms with van der Waals surface area (Å²) in [5.41, 5.74) is 0. The Balaban J connectivity index is 2.36. The van der Waals surface area contributed by atoms with Gasteiger partial charge in [0.1, 0.15) is 0 Å². The molecule has 0 spiro atoms. The van der Waals surface area contributed by atoms with Crippen molar-refractivity contribution in [1.29, 1.82) is 0 Å². The van der Waals surface area contributed by atoms with Crippen molar-refractivity contribution in [1.82, 2.24) is 4.90 Å². The second kappa shape index (κ2) is 7.48. The van der Waals surface area contributed by atoms with E-state index in [1.165, 1.54) is 0 Å². The Morgan fingerprint density at radius 3 is 2.53 bits per heavy atom. The lowest BCUT2D eigenvalue weighted by Crippen LogP contribution is -2.38. The molecule has 3 unspecified atom stereocenters. The van der Waals surface area contributed by atoms with E-state index in [9.17, 15) is 18.3 Å². The van der Waals surface area contributed by atoms with Crippen LogP contribution in [0.5, 0.6) is 0 Å². The Morgan fingerprint density at radius 2 is 1.95 bits per heavy atom. The molecule has 3 atom stereocenters. The van der Waals surface area contributed by atoms with E-state index in [0.717, 1.165) is 32.1 Å². The van der Waals surface area contributed by atoms with Crippen molar-refractivity contribution < 1.29 is 18.3 Å². The molecule has 0 aromatic carbocycles. The Bertz CT molecular complexity index is 258. The van der Waals surface area contributed by atoms with E-state index in [2.05, 4.69) is 6.92 Å². The van der Waals surface area contributed by atoms with Crippen LogP contribution >= 0.6 is 0 Å². The molecule has 0 aromatic rings. The molecule has 0 heterocycles. The van der Waals surface area contributed by atoms with Crippen LogP contribution in [0.4, 0.5) is 13.2 Å². The Hall–Kier alpha value is -0.290.